The van der Waals surface area contributed by atoms with Gasteiger partial charge in [0.2, 0.25) is 0 Å². The van der Waals surface area contributed by atoms with Crippen molar-refractivity contribution in [1.82, 2.24) is 4.73 Å². The van der Waals surface area contributed by atoms with Crippen LogP contribution < -0.4 is 10.4 Å². The zero-order valence-corrected chi connectivity index (χ0v) is 11.6. The Morgan fingerprint density at radius 3 is 2.65 bits per heavy atom. The monoisotopic (exact) mass is 313 g/mol. The van der Waals surface area contributed by atoms with Crippen LogP contribution in [0.1, 0.15) is 15.9 Å². The number of hydrogen-bond acceptors (Lipinski definition) is 3. The maximum absolute atomic E-state index is 11.8. The van der Waals surface area contributed by atoms with E-state index >= 15 is 0 Å². The third-order valence-corrected chi connectivity index (χ3v) is 3.24. The predicted molar refractivity (Wildman–Crippen MR) is 74.4 cm³/mol. The van der Waals surface area contributed by atoms with Gasteiger partial charge >= 0.3 is 5.97 Å². The molecule has 7 heteroatoms. The van der Waals surface area contributed by atoms with E-state index in [1.807, 2.05) is 0 Å². The lowest BCUT2D eigenvalue weighted by molar-refractivity contribution is 0.0668. The van der Waals surface area contributed by atoms with Crippen molar-refractivity contribution in [3.8, 4) is 0 Å². The second-order valence-electron chi connectivity index (χ2n) is 3.88. The van der Waals surface area contributed by atoms with E-state index in [1.54, 1.807) is 18.2 Å². The summed E-state index contributed by atoms with van der Waals surface area (Å²) in [6.45, 7) is 0.0554. The highest BCUT2D eigenvalue weighted by Crippen LogP contribution is 2.22. The van der Waals surface area contributed by atoms with Crippen molar-refractivity contribution in [2.45, 2.75) is 6.61 Å². The molecule has 0 radical (unpaired) electrons. The van der Waals surface area contributed by atoms with Crippen LogP contribution >= 0.6 is 23.2 Å². The Morgan fingerprint density at radius 1 is 1.25 bits per heavy atom. The standard InChI is InChI=1S/C13H9Cl2NO4/c14-10-4-3-8(6-11(10)15)7-20-16-5-1-2-9(12(16)17)13(18)19/h1-6H,7H2,(H,18,19). The maximum Gasteiger partial charge on any atom is 0.341 e. The first-order valence-electron chi connectivity index (χ1n) is 5.51. The zero-order valence-electron chi connectivity index (χ0n) is 10.0. The van der Waals surface area contributed by atoms with Gasteiger partial charge in [0.15, 0.2) is 0 Å². The van der Waals surface area contributed by atoms with E-state index < -0.39 is 11.5 Å². The molecule has 0 saturated heterocycles. The van der Waals surface area contributed by atoms with Crippen molar-refractivity contribution in [2.75, 3.05) is 0 Å². The molecule has 1 aromatic carbocycles. The van der Waals surface area contributed by atoms with Gasteiger partial charge in [0, 0.05) is 6.20 Å². The predicted octanol–water partition coefficient (Wildman–Crippen LogP) is 2.48. The molecule has 0 unspecified atom stereocenters. The number of nitrogens with zero attached hydrogens (tertiary/aromatic N) is 1. The molecule has 2 rings (SSSR count). The fourth-order valence-corrected chi connectivity index (χ4v) is 1.83. The van der Waals surface area contributed by atoms with Gasteiger partial charge in [-0.1, -0.05) is 29.3 Å². The number of hydrogen-bond donors (Lipinski definition) is 1. The van der Waals surface area contributed by atoms with Crippen molar-refractivity contribution in [1.29, 1.82) is 0 Å². The van der Waals surface area contributed by atoms with Crippen molar-refractivity contribution >= 4 is 29.2 Å². The molecule has 104 valence electrons. The molecule has 0 atom stereocenters. The fourth-order valence-electron chi connectivity index (χ4n) is 1.51. The summed E-state index contributed by atoms with van der Waals surface area (Å²) in [6, 6.07) is 7.54. The lowest BCUT2D eigenvalue weighted by Gasteiger charge is -2.09. The summed E-state index contributed by atoms with van der Waals surface area (Å²) < 4.78 is 0.867. The Labute approximate surface area is 123 Å². The Morgan fingerprint density at radius 2 is 2.00 bits per heavy atom. The van der Waals surface area contributed by atoms with Crippen LogP contribution in [0, 0.1) is 0 Å². The first kappa shape index (κ1) is 14.4. The summed E-state index contributed by atoms with van der Waals surface area (Å²) in [7, 11) is 0. The lowest BCUT2D eigenvalue weighted by Crippen LogP contribution is -2.30. The van der Waals surface area contributed by atoms with E-state index in [9.17, 15) is 9.59 Å². The van der Waals surface area contributed by atoms with E-state index in [0.29, 0.717) is 15.6 Å². The van der Waals surface area contributed by atoms with Crippen molar-refractivity contribution < 1.29 is 14.7 Å². The van der Waals surface area contributed by atoms with Crippen LogP contribution in [0.4, 0.5) is 0 Å². The average molecular weight is 314 g/mol. The molecule has 0 aliphatic carbocycles. The summed E-state index contributed by atoms with van der Waals surface area (Å²) in [4.78, 5) is 27.8. The largest absolute Gasteiger partial charge is 0.477 e. The molecule has 0 fully saturated rings. The fraction of sp³-hybridized carbons (Fsp3) is 0.0769. The molecule has 0 amide bonds. The molecule has 0 aliphatic heterocycles. The summed E-state index contributed by atoms with van der Waals surface area (Å²) in [6.07, 6.45) is 1.34. The third kappa shape index (κ3) is 3.12. The summed E-state index contributed by atoms with van der Waals surface area (Å²) in [5.41, 5.74) is -0.395. The first-order chi connectivity index (χ1) is 9.49. The molecule has 5 nitrogen and oxygen atoms in total. The number of halogens is 2. The van der Waals surface area contributed by atoms with Crippen molar-refractivity contribution in [3.05, 3.63) is 68.1 Å². The molecule has 1 heterocycles. The van der Waals surface area contributed by atoms with Gasteiger partial charge in [-0.25, -0.2) is 4.79 Å². The number of aromatic carboxylic acids is 1. The number of carbonyl (C=O) groups is 1. The number of carboxylic acid groups (broad SMARTS) is 1. The van der Waals surface area contributed by atoms with Gasteiger partial charge in [-0.3, -0.25) is 4.79 Å². The second-order valence-corrected chi connectivity index (χ2v) is 4.69. The van der Waals surface area contributed by atoms with Crippen LogP contribution in [0.15, 0.2) is 41.3 Å². The van der Waals surface area contributed by atoms with E-state index in [-0.39, 0.29) is 12.2 Å². The minimum Gasteiger partial charge on any atom is -0.477 e. The third-order valence-electron chi connectivity index (χ3n) is 2.50. The van der Waals surface area contributed by atoms with Crippen LogP contribution in [-0.2, 0) is 6.61 Å². The van der Waals surface area contributed by atoms with Gasteiger partial charge < -0.3 is 9.94 Å². The van der Waals surface area contributed by atoms with E-state index in [2.05, 4.69) is 0 Å². The molecule has 0 spiro atoms. The van der Waals surface area contributed by atoms with Gasteiger partial charge in [-0.2, -0.15) is 4.73 Å². The Hall–Kier alpha value is -1.98. The van der Waals surface area contributed by atoms with Crippen LogP contribution in [0.25, 0.3) is 0 Å². The Bertz CT molecular complexity index is 712. The molecule has 20 heavy (non-hydrogen) atoms. The van der Waals surface area contributed by atoms with Crippen LogP contribution in [0.5, 0.6) is 0 Å². The van der Waals surface area contributed by atoms with Crippen LogP contribution in [0.3, 0.4) is 0 Å². The van der Waals surface area contributed by atoms with Crippen LogP contribution in [0.2, 0.25) is 10.0 Å². The number of pyridine rings is 1. The highest BCUT2D eigenvalue weighted by atomic mass is 35.5. The van der Waals surface area contributed by atoms with E-state index in [1.165, 1.54) is 18.3 Å². The minimum atomic E-state index is -1.30. The molecule has 0 bridgehead atoms. The molecule has 0 saturated carbocycles. The highest BCUT2D eigenvalue weighted by Gasteiger charge is 2.10. The second kappa shape index (κ2) is 5.98. The smallest absolute Gasteiger partial charge is 0.341 e. The topological polar surface area (TPSA) is 68.5 Å². The van der Waals surface area contributed by atoms with Crippen molar-refractivity contribution in [3.63, 3.8) is 0 Å². The zero-order chi connectivity index (χ0) is 14.7. The van der Waals surface area contributed by atoms with Crippen molar-refractivity contribution in [2.24, 2.45) is 0 Å². The molecule has 0 aliphatic rings. The lowest BCUT2D eigenvalue weighted by atomic mass is 10.2. The first-order valence-corrected chi connectivity index (χ1v) is 6.27. The van der Waals surface area contributed by atoms with Gasteiger partial charge in [-0.15, -0.1) is 0 Å². The summed E-state index contributed by atoms with van der Waals surface area (Å²) >= 11 is 11.6. The molecular formula is C13H9Cl2NO4. The van der Waals surface area contributed by atoms with E-state index in [0.717, 1.165) is 4.73 Å². The van der Waals surface area contributed by atoms with Gasteiger partial charge in [0.25, 0.3) is 5.56 Å². The summed E-state index contributed by atoms with van der Waals surface area (Å²) in [5, 5.41) is 9.63. The Balaban J connectivity index is 2.19. The molecular weight excluding hydrogens is 305 g/mol. The molecule has 1 N–H and O–H groups in total. The SMILES string of the molecule is O=C(O)c1cccn(OCc2ccc(Cl)c(Cl)c2)c1=O. The minimum absolute atomic E-state index is 0.0554. The normalized spacial score (nSPS) is 10.3. The maximum atomic E-state index is 11.8. The van der Waals surface area contributed by atoms with Gasteiger partial charge in [0.1, 0.15) is 12.2 Å². The average Bonchev–Trinajstić information content (AvgIpc) is 2.41. The Kier molecular flexibility index (Phi) is 4.32. The van der Waals surface area contributed by atoms with Crippen LogP contribution in [-0.4, -0.2) is 15.8 Å². The number of carboxylic acids is 1. The number of aromatic nitrogens is 1. The molecule has 2 aromatic rings. The van der Waals surface area contributed by atoms with Gasteiger partial charge in [-0.05, 0) is 29.8 Å². The molecule has 1 aromatic heterocycles. The quantitative estimate of drug-likeness (QED) is 0.941. The van der Waals surface area contributed by atoms with Gasteiger partial charge in [0.05, 0.1) is 10.0 Å². The van der Waals surface area contributed by atoms with E-state index in [4.69, 9.17) is 33.1 Å². The summed E-state index contributed by atoms with van der Waals surface area (Å²) in [5.74, 6) is -1.30. The number of benzene rings is 1. The number of rotatable bonds is 4. The highest BCUT2D eigenvalue weighted by molar-refractivity contribution is 6.42.